The Balaban J connectivity index is 1.67. The van der Waals surface area contributed by atoms with Crippen LogP contribution in [-0.4, -0.2) is 55.1 Å². The minimum Gasteiger partial charge on any atom is -0.366 e. The van der Waals surface area contributed by atoms with Gasteiger partial charge in [0.25, 0.3) is 5.91 Å². The Morgan fingerprint density at radius 3 is 2.39 bits per heavy atom. The van der Waals surface area contributed by atoms with Gasteiger partial charge in [-0.2, -0.15) is 0 Å². The molecule has 1 fully saturated rings. The van der Waals surface area contributed by atoms with Gasteiger partial charge in [0, 0.05) is 51.0 Å². The van der Waals surface area contributed by atoms with Crippen LogP contribution in [0.5, 0.6) is 0 Å². The van der Waals surface area contributed by atoms with Gasteiger partial charge in [0.1, 0.15) is 11.6 Å². The average molecular weight is 384 g/mol. The Kier molecular flexibility index (Phi) is 6.85. The summed E-state index contributed by atoms with van der Waals surface area (Å²) in [5.41, 5.74) is 1.28. The lowest BCUT2D eigenvalue weighted by Crippen LogP contribution is -2.49. The molecule has 0 radical (unpaired) electrons. The third kappa shape index (κ3) is 4.61. The topological polar surface area (TPSA) is 39.7 Å². The second-order valence-corrected chi connectivity index (χ2v) is 7.12. The standard InChI is InChI=1S/C22H29FN4O/c1-3-11-26(12-4-2)21-17-18(9-10-24-21)22(28)27-15-13-25(14-16-27)20-8-6-5-7-19(20)23/h5-10,17H,3-4,11-16H2,1-2H3. The highest BCUT2D eigenvalue weighted by atomic mass is 19.1. The fraction of sp³-hybridized carbons (Fsp3) is 0.455. The van der Waals surface area contributed by atoms with Crippen molar-refractivity contribution < 1.29 is 9.18 Å². The van der Waals surface area contributed by atoms with Gasteiger partial charge in [-0.1, -0.05) is 26.0 Å². The molecule has 1 amide bonds. The van der Waals surface area contributed by atoms with Crippen molar-refractivity contribution >= 4 is 17.4 Å². The molecular weight excluding hydrogens is 355 g/mol. The maximum Gasteiger partial charge on any atom is 0.254 e. The first-order chi connectivity index (χ1) is 13.6. The number of anilines is 2. The quantitative estimate of drug-likeness (QED) is 0.728. The summed E-state index contributed by atoms with van der Waals surface area (Å²) in [6.45, 7) is 8.57. The molecule has 1 aliphatic heterocycles. The third-order valence-electron chi connectivity index (χ3n) is 5.06. The van der Waals surface area contributed by atoms with Gasteiger partial charge < -0.3 is 14.7 Å². The van der Waals surface area contributed by atoms with E-state index in [4.69, 9.17) is 0 Å². The fourth-order valence-electron chi connectivity index (χ4n) is 3.65. The van der Waals surface area contributed by atoms with Crippen molar-refractivity contribution in [3.63, 3.8) is 0 Å². The molecule has 5 nitrogen and oxygen atoms in total. The van der Waals surface area contributed by atoms with E-state index in [9.17, 15) is 9.18 Å². The molecular formula is C22H29FN4O. The van der Waals surface area contributed by atoms with Crippen molar-refractivity contribution in [2.24, 2.45) is 0 Å². The number of piperazine rings is 1. The molecule has 28 heavy (non-hydrogen) atoms. The number of rotatable bonds is 7. The zero-order valence-electron chi connectivity index (χ0n) is 16.8. The Morgan fingerprint density at radius 2 is 1.75 bits per heavy atom. The highest BCUT2D eigenvalue weighted by molar-refractivity contribution is 5.95. The van der Waals surface area contributed by atoms with Gasteiger partial charge in [-0.05, 0) is 37.1 Å². The number of carbonyl (C=O) groups excluding carboxylic acids is 1. The molecule has 0 atom stereocenters. The maximum absolute atomic E-state index is 14.0. The first-order valence-corrected chi connectivity index (χ1v) is 10.1. The van der Waals surface area contributed by atoms with E-state index in [0.29, 0.717) is 37.4 Å². The monoisotopic (exact) mass is 384 g/mol. The molecule has 3 rings (SSSR count). The van der Waals surface area contributed by atoms with Crippen molar-refractivity contribution in [1.29, 1.82) is 0 Å². The summed E-state index contributed by atoms with van der Waals surface area (Å²) in [5.74, 6) is 0.664. The lowest BCUT2D eigenvalue weighted by molar-refractivity contribution is 0.0746. The molecule has 2 aromatic rings. The van der Waals surface area contributed by atoms with E-state index in [-0.39, 0.29) is 11.7 Å². The molecule has 0 N–H and O–H groups in total. The van der Waals surface area contributed by atoms with Gasteiger partial charge in [0.05, 0.1) is 5.69 Å². The van der Waals surface area contributed by atoms with Crippen LogP contribution in [0.4, 0.5) is 15.9 Å². The summed E-state index contributed by atoms with van der Waals surface area (Å²) in [5, 5.41) is 0. The van der Waals surface area contributed by atoms with Crippen LogP contribution < -0.4 is 9.80 Å². The van der Waals surface area contributed by atoms with Crippen LogP contribution in [0.3, 0.4) is 0 Å². The molecule has 1 aromatic carbocycles. The Bertz CT molecular complexity index is 784. The predicted octanol–water partition coefficient (Wildman–Crippen LogP) is 3.81. The number of nitrogens with zero attached hydrogens (tertiary/aromatic N) is 4. The Hall–Kier alpha value is -2.63. The molecule has 6 heteroatoms. The van der Waals surface area contributed by atoms with Gasteiger partial charge in [0.15, 0.2) is 0 Å². The molecule has 150 valence electrons. The number of aromatic nitrogens is 1. The summed E-state index contributed by atoms with van der Waals surface area (Å²) in [6.07, 6.45) is 3.80. The lowest BCUT2D eigenvalue weighted by atomic mass is 10.2. The minimum atomic E-state index is -0.215. The number of hydrogen-bond acceptors (Lipinski definition) is 4. The van der Waals surface area contributed by atoms with E-state index >= 15 is 0 Å². The highest BCUT2D eigenvalue weighted by Gasteiger charge is 2.24. The molecule has 1 aliphatic rings. The minimum absolute atomic E-state index is 0.0183. The second kappa shape index (κ2) is 9.53. The summed E-state index contributed by atoms with van der Waals surface area (Å²) in [4.78, 5) is 23.5. The van der Waals surface area contributed by atoms with Gasteiger partial charge in [-0.3, -0.25) is 4.79 Å². The number of halogens is 1. The van der Waals surface area contributed by atoms with E-state index in [1.54, 1.807) is 24.4 Å². The molecule has 2 heterocycles. The third-order valence-corrected chi connectivity index (χ3v) is 5.06. The fourth-order valence-corrected chi connectivity index (χ4v) is 3.65. The molecule has 0 bridgehead atoms. The lowest BCUT2D eigenvalue weighted by Gasteiger charge is -2.36. The summed E-state index contributed by atoms with van der Waals surface area (Å²) in [7, 11) is 0. The zero-order chi connectivity index (χ0) is 19.9. The van der Waals surface area contributed by atoms with Crippen molar-refractivity contribution in [1.82, 2.24) is 9.88 Å². The molecule has 0 unspecified atom stereocenters. The SMILES string of the molecule is CCCN(CCC)c1cc(C(=O)N2CCN(c3ccccc3F)CC2)ccn1. The maximum atomic E-state index is 14.0. The van der Waals surface area contributed by atoms with Gasteiger partial charge >= 0.3 is 0 Å². The van der Waals surface area contributed by atoms with Crippen molar-refractivity contribution in [3.05, 3.63) is 54.0 Å². The predicted molar refractivity (Wildman–Crippen MR) is 112 cm³/mol. The zero-order valence-corrected chi connectivity index (χ0v) is 16.8. The number of amides is 1. The van der Waals surface area contributed by atoms with E-state index in [0.717, 1.165) is 31.7 Å². The van der Waals surface area contributed by atoms with E-state index in [2.05, 4.69) is 23.7 Å². The van der Waals surface area contributed by atoms with Gasteiger partial charge in [-0.25, -0.2) is 9.37 Å². The first-order valence-electron chi connectivity index (χ1n) is 10.1. The van der Waals surface area contributed by atoms with Crippen molar-refractivity contribution in [3.8, 4) is 0 Å². The highest BCUT2D eigenvalue weighted by Crippen LogP contribution is 2.21. The van der Waals surface area contributed by atoms with Crippen LogP contribution in [0.2, 0.25) is 0 Å². The number of pyridine rings is 1. The van der Waals surface area contributed by atoms with Crippen LogP contribution in [0.25, 0.3) is 0 Å². The molecule has 1 saturated heterocycles. The molecule has 1 aromatic heterocycles. The number of para-hydroxylation sites is 1. The van der Waals surface area contributed by atoms with E-state index < -0.39 is 0 Å². The van der Waals surface area contributed by atoms with Crippen molar-refractivity contribution in [2.45, 2.75) is 26.7 Å². The summed E-state index contributed by atoms with van der Waals surface area (Å²) >= 11 is 0. The van der Waals surface area contributed by atoms with Crippen LogP contribution in [-0.2, 0) is 0 Å². The van der Waals surface area contributed by atoms with Crippen LogP contribution >= 0.6 is 0 Å². The van der Waals surface area contributed by atoms with E-state index in [1.165, 1.54) is 6.07 Å². The Morgan fingerprint density at radius 1 is 1.07 bits per heavy atom. The first kappa shape index (κ1) is 20.1. The molecule has 0 saturated carbocycles. The number of benzene rings is 1. The Labute approximate surface area is 166 Å². The molecule has 0 aliphatic carbocycles. The number of hydrogen-bond donors (Lipinski definition) is 0. The largest absolute Gasteiger partial charge is 0.366 e. The van der Waals surface area contributed by atoms with Crippen LogP contribution in [0.1, 0.15) is 37.0 Å². The average Bonchev–Trinajstić information content (AvgIpc) is 2.74. The van der Waals surface area contributed by atoms with Crippen LogP contribution in [0, 0.1) is 5.82 Å². The number of carbonyl (C=O) groups is 1. The van der Waals surface area contributed by atoms with Gasteiger partial charge in [-0.15, -0.1) is 0 Å². The smallest absolute Gasteiger partial charge is 0.254 e. The van der Waals surface area contributed by atoms with Crippen LogP contribution in [0.15, 0.2) is 42.6 Å². The second-order valence-electron chi connectivity index (χ2n) is 7.12. The summed E-state index contributed by atoms with van der Waals surface area (Å²) < 4.78 is 14.0. The van der Waals surface area contributed by atoms with Crippen molar-refractivity contribution in [2.75, 3.05) is 49.1 Å². The van der Waals surface area contributed by atoms with Gasteiger partial charge in [0.2, 0.25) is 0 Å². The summed E-state index contributed by atoms with van der Waals surface area (Å²) in [6, 6.07) is 10.5. The van der Waals surface area contributed by atoms with E-state index in [1.807, 2.05) is 21.9 Å². The molecule has 0 spiro atoms. The normalized spacial score (nSPS) is 14.2.